The summed E-state index contributed by atoms with van der Waals surface area (Å²) in [4.78, 5) is 12.2. The number of hydrogen-bond donors (Lipinski definition) is 2. The highest BCUT2D eigenvalue weighted by molar-refractivity contribution is 6.31. The van der Waals surface area contributed by atoms with Crippen LogP contribution in [-0.4, -0.2) is 20.3 Å². The summed E-state index contributed by atoms with van der Waals surface area (Å²) >= 11 is 5.95. The minimum Gasteiger partial charge on any atom is -0.497 e. The molecule has 0 aliphatic heterocycles. The van der Waals surface area contributed by atoms with Crippen LogP contribution in [0, 0.1) is 0 Å². The number of amides is 2. The van der Waals surface area contributed by atoms with E-state index in [1.165, 1.54) is 7.11 Å². The zero-order valence-electron chi connectivity index (χ0n) is 13.2. The third-order valence-electron chi connectivity index (χ3n) is 3.35. The summed E-state index contributed by atoms with van der Waals surface area (Å²) in [5.74, 6) is 1.28. The molecule has 0 saturated carbocycles. The highest BCUT2D eigenvalue weighted by Gasteiger charge is 2.12. The molecule has 0 aliphatic rings. The number of carbonyl (C=O) groups is 1. The predicted octanol–water partition coefficient (Wildman–Crippen LogP) is 4.24. The summed E-state index contributed by atoms with van der Waals surface area (Å²) in [5, 5.41) is 6.12. The van der Waals surface area contributed by atoms with E-state index in [-0.39, 0.29) is 12.1 Å². The van der Waals surface area contributed by atoms with E-state index in [0.717, 1.165) is 11.3 Å². The van der Waals surface area contributed by atoms with Crippen molar-refractivity contribution in [3.63, 3.8) is 0 Å². The molecule has 2 aromatic rings. The molecule has 23 heavy (non-hydrogen) atoms. The van der Waals surface area contributed by atoms with E-state index in [2.05, 4.69) is 10.6 Å². The van der Waals surface area contributed by atoms with Crippen LogP contribution in [-0.2, 0) is 0 Å². The molecular formula is C17H19ClN2O3. The van der Waals surface area contributed by atoms with Gasteiger partial charge in [0.2, 0.25) is 0 Å². The number of ether oxygens (including phenoxy) is 2. The van der Waals surface area contributed by atoms with E-state index in [9.17, 15) is 4.79 Å². The summed E-state index contributed by atoms with van der Waals surface area (Å²) in [7, 11) is 3.14. The molecule has 0 aliphatic carbocycles. The summed E-state index contributed by atoms with van der Waals surface area (Å²) in [5.41, 5.74) is 1.45. The number of anilines is 1. The Bertz CT molecular complexity index is 691. The number of halogens is 1. The zero-order valence-corrected chi connectivity index (χ0v) is 14.0. The summed E-state index contributed by atoms with van der Waals surface area (Å²) in [6, 6.07) is 12.0. The molecule has 0 fully saturated rings. The maximum Gasteiger partial charge on any atom is 0.319 e. The van der Waals surface area contributed by atoms with Crippen LogP contribution in [0.25, 0.3) is 0 Å². The smallest absolute Gasteiger partial charge is 0.319 e. The van der Waals surface area contributed by atoms with Crippen LogP contribution in [0.5, 0.6) is 11.5 Å². The van der Waals surface area contributed by atoms with Crippen molar-refractivity contribution >= 4 is 23.3 Å². The molecule has 2 amide bonds. The molecule has 0 bridgehead atoms. The van der Waals surface area contributed by atoms with Crippen molar-refractivity contribution in [1.82, 2.24) is 5.32 Å². The van der Waals surface area contributed by atoms with Crippen LogP contribution < -0.4 is 20.1 Å². The summed E-state index contributed by atoms with van der Waals surface area (Å²) in [6.45, 7) is 1.89. The van der Waals surface area contributed by atoms with E-state index in [1.54, 1.807) is 25.3 Å². The Morgan fingerprint density at radius 2 is 1.91 bits per heavy atom. The van der Waals surface area contributed by atoms with Crippen LogP contribution >= 0.6 is 11.6 Å². The van der Waals surface area contributed by atoms with Crippen molar-refractivity contribution in [2.45, 2.75) is 13.0 Å². The van der Waals surface area contributed by atoms with Crippen LogP contribution in [0.3, 0.4) is 0 Å². The zero-order chi connectivity index (χ0) is 16.8. The first-order valence-corrected chi connectivity index (χ1v) is 7.46. The second kappa shape index (κ2) is 7.74. The fourth-order valence-corrected chi connectivity index (χ4v) is 2.30. The number of carbonyl (C=O) groups excluding carboxylic acids is 1. The van der Waals surface area contributed by atoms with Crippen molar-refractivity contribution < 1.29 is 14.3 Å². The van der Waals surface area contributed by atoms with Crippen molar-refractivity contribution in [2.75, 3.05) is 19.5 Å². The third kappa shape index (κ3) is 4.53. The fraction of sp³-hybridized carbons (Fsp3) is 0.235. The molecule has 0 saturated heterocycles. The monoisotopic (exact) mass is 334 g/mol. The summed E-state index contributed by atoms with van der Waals surface area (Å²) < 4.78 is 10.4. The van der Waals surface area contributed by atoms with Gasteiger partial charge in [-0.3, -0.25) is 0 Å². The number of methoxy groups -OCH3 is 2. The number of rotatable bonds is 5. The second-order valence-electron chi connectivity index (χ2n) is 4.94. The first-order chi connectivity index (χ1) is 11.0. The van der Waals surface area contributed by atoms with Crippen molar-refractivity contribution in [3.8, 4) is 11.5 Å². The topological polar surface area (TPSA) is 59.6 Å². The molecule has 1 atom stereocenters. The molecule has 0 aromatic heterocycles. The van der Waals surface area contributed by atoms with E-state index in [0.29, 0.717) is 16.5 Å². The number of urea groups is 1. The number of nitrogens with one attached hydrogen (secondary N) is 2. The summed E-state index contributed by atoms with van der Waals surface area (Å²) in [6.07, 6.45) is 0. The Hall–Kier alpha value is -2.40. The predicted molar refractivity (Wildman–Crippen MR) is 91.6 cm³/mol. The van der Waals surface area contributed by atoms with Crippen LogP contribution in [0.2, 0.25) is 5.02 Å². The second-order valence-corrected chi connectivity index (χ2v) is 5.38. The maximum atomic E-state index is 12.2. The van der Waals surface area contributed by atoms with Crippen LogP contribution in [0.1, 0.15) is 18.5 Å². The Balaban J connectivity index is 2.05. The van der Waals surface area contributed by atoms with Crippen molar-refractivity contribution in [1.29, 1.82) is 0 Å². The lowest BCUT2D eigenvalue weighted by Crippen LogP contribution is -2.31. The van der Waals surface area contributed by atoms with Gasteiger partial charge < -0.3 is 20.1 Å². The highest BCUT2D eigenvalue weighted by atomic mass is 35.5. The van der Waals surface area contributed by atoms with Crippen LogP contribution in [0.15, 0.2) is 42.5 Å². The molecule has 2 N–H and O–H groups in total. The van der Waals surface area contributed by atoms with E-state index >= 15 is 0 Å². The van der Waals surface area contributed by atoms with Gasteiger partial charge in [0.05, 0.1) is 25.9 Å². The quantitative estimate of drug-likeness (QED) is 0.859. The van der Waals surface area contributed by atoms with E-state index in [4.69, 9.17) is 21.1 Å². The molecule has 2 rings (SSSR count). The molecule has 122 valence electrons. The lowest BCUT2D eigenvalue weighted by molar-refractivity contribution is 0.249. The third-order valence-corrected chi connectivity index (χ3v) is 3.59. The van der Waals surface area contributed by atoms with Crippen molar-refractivity contribution in [2.24, 2.45) is 0 Å². The van der Waals surface area contributed by atoms with Gasteiger partial charge in [-0.25, -0.2) is 4.79 Å². The minimum absolute atomic E-state index is 0.185. The molecule has 2 aromatic carbocycles. The molecule has 0 unspecified atom stereocenters. The lowest BCUT2D eigenvalue weighted by atomic mass is 10.1. The van der Waals surface area contributed by atoms with Gasteiger partial charge in [0, 0.05) is 5.02 Å². The van der Waals surface area contributed by atoms with Gasteiger partial charge in [-0.15, -0.1) is 0 Å². The van der Waals surface area contributed by atoms with Gasteiger partial charge in [-0.2, -0.15) is 0 Å². The van der Waals surface area contributed by atoms with Gasteiger partial charge >= 0.3 is 6.03 Å². The lowest BCUT2D eigenvalue weighted by Gasteiger charge is -2.17. The van der Waals surface area contributed by atoms with Gasteiger partial charge in [-0.05, 0) is 42.8 Å². The molecule has 5 nitrogen and oxygen atoms in total. The first-order valence-electron chi connectivity index (χ1n) is 7.08. The Kier molecular flexibility index (Phi) is 5.71. The largest absolute Gasteiger partial charge is 0.497 e. The Labute approximate surface area is 140 Å². The van der Waals surface area contributed by atoms with E-state index in [1.807, 2.05) is 31.2 Å². The van der Waals surface area contributed by atoms with Gasteiger partial charge in [0.1, 0.15) is 11.5 Å². The average Bonchev–Trinajstić information content (AvgIpc) is 2.55. The standard InChI is InChI=1S/C17H19ClN2O3/c1-11(12-5-4-6-14(9-12)22-2)19-17(21)20-15-10-13(18)7-8-16(15)23-3/h4-11H,1-3H3,(H2,19,20,21)/t11-/m0/s1. The molecule has 0 heterocycles. The highest BCUT2D eigenvalue weighted by Crippen LogP contribution is 2.27. The first kappa shape index (κ1) is 17.0. The van der Waals surface area contributed by atoms with Crippen LogP contribution in [0.4, 0.5) is 10.5 Å². The number of benzene rings is 2. The molecule has 6 heteroatoms. The minimum atomic E-state index is -0.346. The normalized spacial score (nSPS) is 11.5. The average molecular weight is 335 g/mol. The Morgan fingerprint density at radius 3 is 2.61 bits per heavy atom. The van der Waals surface area contributed by atoms with Gasteiger partial charge in [0.25, 0.3) is 0 Å². The van der Waals surface area contributed by atoms with Crippen molar-refractivity contribution in [3.05, 3.63) is 53.1 Å². The SMILES string of the molecule is COc1cccc([C@H](C)NC(=O)Nc2cc(Cl)ccc2OC)c1. The fourth-order valence-electron chi connectivity index (χ4n) is 2.13. The van der Waals surface area contributed by atoms with E-state index < -0.39 is 0 Å². The maximum absolute atomic E-state index is 12.2. The Morgan fingerprint density at radius 1 is 1.13 bits per heavy atom. The number of hydrogen-bond acceptors (Lipinski definition) is 3. The van der Waals surface area contributed by atoms with Gasteiger partial charge in [0.15, 0.2) is 0 Å². The molecule has 0 radical (unpaired) electrons. The van der Waals surface area contributed by atoms with Gasteiger partial charge in [-0.1, -0.05) is 23.7 Å². The molecule has 0 spiro atoms. The molecular weight excluding hydrogens is 316 g/mol.